The average molecular weight is 491 g/mol. The maximum absolute atomic E-state index is 12.0. The molecule has 0 aromatic carbocycles. The number of aliphatic hydroxyl groups is 1. The summed E-state index contributed by atoms with van der Waals surface area (Å²) in [6.45, 7) is 18.2. The molecule has 0 spiro atoms. The zero-order valence-corrected chi connectivity index (χ0v) is 23.6. The number of methoxy groups -OCH3 is 2. The predicted octanol–water partition coefficient (Wildman–Crippen LogP) is 3.50. The van der Waals surface area contributed by atoms with E-state index in [1.807, 2.05) is 27.7 Å². The largest absolute Gasteiger partial charge is 0.458 e. The van der Waals surface area contributed by atoms with Gasteiger partial charge in [0.2, 0.25) is 12.3 Å². The third-order valence-corrected chi connectivity index (χ3v) is 3.28. The summed E-state index contributed by atoms with van der Waals surface area (Å²) < 4.78 is 14.9. The summed E-state index contributed by atoms with van der Waals surface area (Å²) in [5.41, 5.74) is -0.611. The van der Waals surface area contributed by atoms with Crippen molar-refractivity contribution in [1.82, 2.24) is 10.2 Å². The second kappa shape index (κ2) is 25.2. The lowest BCUT2D eigenvalue weighted by Crippen LogP contribution is -2.38. The second-order valence-electron chi connectivity index (χ2n) is 7.48. The lowest BCUT2D eigenvalue weighted by atomic mass is 10.1. The Morgan fingerprint density at radius 3 is 1.74 bits per heavy atom. The molecular formula is C25H50N2O7. The third-order valence-electron chi connectivity index (χ3n) is 3.28. The molecule has 9 heteroatoms. The Morgan fingerprint density at radius 1 is 1.06 bits per heavy atom. The Hall–Kier alpha value is -2.41. The first-order chi connectivity index (χ1) is 15.7. The van der Waals surface area contributed by atoms with Gasteiger partial charge in [-0.25, -0.2) is 4.79 Å². The molecule has 34 heavy (non-hydrogen) atoms. The van der Waals surface area contributed by atoms with Gasteiger partial charge in [-0.05, 0) is 41.5 Å². The normalized spacial score (nSPS) is 11.8. The zero-order valence-electron chi connectivity index (χ0n) is 23.6. The van der Waals surface area contributed by atoms with Gasteiger partial charge in [0.05, 0.1) is 0 Å². The molecule has 0 aromatic heterocycles. The predicted molar refractivity (Wildman–Crippen MR) is 138 cm³/mol. The van der Waals surface area contributed by atoms with E-state index in [4.69, 9.17) is 14.6 Å². The summed E-state index contributed by atoms with van der Waals surface area (Å²) in [5, 5.41) is 11.0. The van der Waals surface area contributed by atoms with Gasteiger partial charge in [-0.2, -0.15) is 0 Å². The average Bonchev–Trinajstić information content (AvgIpc) is 2.80. The summed E-state index contributed by atoms with van der Waals surface area (Å²) in [6, 6.07) is -0.337. The van der Waals surface area contributed by atoms with E-state index in [-0.39, 0.29) is 18.4 Å². The standard InChI is InChI=1S/C15H26N2O5.C4H10O2.2C2H6.C2H2/c1-11(17(10-18)8-7-13(19)16-5)9-12(21-6)14(20)22-15(2,3)4;1-4(2,5)6-3;3*1-2/h7-8,10-12H,9H2,1-6H3,(H,16,19);5H,1-3H3;2*1-2H3;1-2H/b8-7-;;;;/t11-,12-;;;;/m0..../s1. The van der Waals surface area contributed by atoms with E-state index in [1.54, 1.807) is 41.5 Å². The molecule has 0 unspecified atom stereocenters. The number of hydrogen-bond acceptors (Lipinski definition) is 7. The zero-order chi connectivity index (χ0) is 28.5. The van der Waals surface area contributed by atoms with E-state index in [2.05, 4.69) is 22.9 Å². The summed E-state index contributed by atoms with van der Waals surface area (Å²) in [7, 11) is 4.36. The smallest absolute Gasteiger partial charge is 0.335 e. The molecule has 0 aliphatic carbocycles. The van der Waals surface area contributed by atoms with Crippen molar-refractivity contribution in [2.75, 3.05) is 21.3 Å². The van der Waals surface area contributed by atoms with Crippen molar-refractivity contribution < 1.29 is 33.7 Å². The monoisotopic (exact) mass is 490 g/mol. The Labute approximate surface area is 208 Å². The van der Waals surface area contributed by atoms with Crippen LogP contribution in [-0.2, 0) is 28.6 Å². The molecule has 202 valence electrons. The minimum atomic E-state index is -0.958. The highest BCUT2D eigenvalue weighted by atomic mass is 16.6. The first-order valence-electron chi connectivity index (χ1n) is 11.2. The van der Waals surface area contributed by atoms with Crippen LogP contribution in [0.5, 0.6) is 0 Å². The van der Waals surface area contributed by atoms with Gasteiger partial charge < -0.3 is 29.5 Å². The number of likely N-dealkylation sites (N-methyl/N-ethyl adjacent to an activating group) is 1. The molecule has 0 aliphatic heterocycles. The van der Waals surface area contributed by atoms with Crippen molar-refractivity contribution in [3.8, 4) is 12.8 Å². The molecule has 0 radical (unpaired) electrons. The Bertz CT molecular complexity index is 548. The van der Waals surface area contributed by atoms with Crippen LogP contribution >= 0.6 is 0 Å². The summed E-state index contributed by atoms with van der Waals surface area (Å²) in [5.74, 6) is -1.77. The molecule has 0 fully saturated rings. The van der Waals surface area contributed by atoms with E-state index < -0.39 is 23.5 Å². The third kappa shape index (κ3) is 29.6. The van der Waals surface area contributed by atoms with E-state index in [1.165, 1.54) is 38.4 Å². The van der Waals surface area contributed by atoms with Crippen LogP contribution in [0.15, 0.2) is 12.3 Å². The fraction of sp³-hybridized carbons (Fsp3) is 0.720. The highest BCUT2D eigenvalue weighted by Gasteiger charge is 2.27. The number of esters is 1. The van der Waals surface area contributed by atoms with E-state index >= 15 is 0 Å². The first-order valence-corrected chi connectivity index (χ1v) is 11.2. The molecule has 2 N–H and O–H groups in total. The number of rotatable bonds is 9. The van der Waals surface area contributed by atoms with Crippen molar-refractivity contribution in [3.05, 3.63) is 12.3 Å². The van der Waals surface area contributed by atoms with Crippen molar-refractivity contribution >= 4 is 18.3 Å². The SMILES string of the molecule is C#C.CC.CC.CNC(=O)/C=C\N(C=O)[C@@H](C)C[C@H](OC)C(=O)OC(C)(C)C.COC(C)(C)O. The lowest BCUT2D eigenvalue weighted by Gasteiger charge is -2.27. The minimum absolute atomic E-state index is 0.252. The van der Waals surface area contributed by atoms with Gasteiger partial charge in [0.1, 0.15) is 5.60 Å². The molecule has 9 nitrogen and oxygen atoms in total. The van der Waals surface area contributed by atoms with Crippen LogP contribution in [0, 0.1) is 12.8 Å². The number of carbonyl (C=O) groups is 3. The fourth-order valence-electron chi connectivity index (χ4n) is 1.61. The molecule has 2 amide bonds. The minimum Gasteiger partial charge on any atom is -0.458 e. The van der Waals surface area contributed by atoms with E-state index in [0.717, 1.165) is 0 Å². The maximum atomic E-state index is 12.0. The van der Waals surface area contributed by atoms with Crippen LogP contribution in [0.1, 0.15) is 75.7 Å². The van der Waals surface area contributed by atoms with Crippen LogP contribution in [0.25, 0.3) is 0 Å². The topological polar surface area (TPSA) is 114 Å². The molecule has 0 bridgehead atoms. The molecule has 0 aromatic rings. The first kappa shape index (κ1) is 41.8. The number of nitrogens with zero attached hydrogens (tertiary/aromatic N) is 1. The van der Waals surface area contributed by atoms with Crippen molar-refractivity contribution in [3.63, 3.8) is 0 Å². The fourth-order valence-corrected chi connectivity index (χ4v) is 1.61. The van der Waals surface area contributed by atoms with Crippen molar-refractivity contribution in [2.45, 2.75) is 99.2 Å². The molecule has 2 atom stereocenters. The maximum Gasteiger partial charge on any atom is 0.335 e. The summed E-state index contributed by atoms with van der Waals surface area (Å²) in [6.07, 6.45) is 10.7. The number of hydrogen-bond donors (Lipinski definition) is 2. The number of ether oxygens (including phenoxy) is 3. The van der Waals surface area contributed by atoms with Crippen LogP contribution in [-0.4, -0.2) is 73.1 Å². The van der Waals surface area contributed by atoms with Gasteiger partial charge in [0, 0.05) is 46.0 Å². The van der Waals surface area contributed by atoms with Crippen molar-refractivity contribution in [1.29, 1.82) is 0 Å². The van der Waals surface area contributed by atoms with Crippen LogP contribution in [0.2, 0.25) is 0 Å². The van der Waals surface area contributed by atoms with Gasteiger partial charge in [0.25, 0.3) is 0 Å². The Balaban J connectivity index is -0.000000195. The molecule has 0 heterocycles. The van der Waals surface area contributed by atoms with Crippen LogP contribution in [0.3, 0.4) is 0 Å². The van der Waals surface area contributed by atoms with E-state index in [9.17, 15) is 14.4 Å². The highest BCUT2D eigenvalue weighted by molar-refractivity contribution is 5.87. The second-order valence-corrected chi connectivity index (χ2v) is 7.48. The Kier molecular flexibility index (Phi) is 31.0. The molecular weight excluding hydrogens is 440 g/mol. The van der Waals surface area contributed by atoms with Crippen LogP contribution < -0.4 is 5.32 Å². The van der Waals surface area contributed by atoms with Gasteiger partial charge in [-0.3, -0.25) is 9.59 Å². The number of terminal acetylenes is 1. The number of carbonyl (C=O) groups excluding carboxylic acids is 3. The quantitative estimate of drug-likeness (QED) is 0.167. The number of amides is 2. The van der Waals surface area contributed by atoms with Gasteiger partial charge in [-0.1, -0.05) is 27.7 Å². The van der Waals surface area contributed by atoms with Gasteiger partial charge in [-0.15, -0.1) is 12.8 Å². The molecule has 0 aliphatic rings. The Morgan fingerprint density at radius 2 is 1.47 bits per heavy atom. The van der Waals surface area contributed by atoms with Crippen molar-refractivity contribution in [2.24, 2.45) is 0 Å². The summed E-state index contributed by atoms with van der Waals surface area (Å²) in [4.78, 5) is 35.6. The number of nitrogens with one attached hydrogen (secondary N) is 1. The van der Waals surface area contributed by atoms with Crippen LogP contribution in [0.4, 0.5) is 0 Å². The van der Waals surface area contributed by atoms with Gasteiger partial charge in [0.15, 0.2) is 11.9 Å². The summed E-state index contributed by atoms with van der Waals surface area (Å²) >= 11 is 0. The van der Waals surface area contributed by atoms with E-state index in [0.29, 0.717) is 6.41 Å². The van der Waals surface area contributed by atoms with Gasteiger partial charge >= 0.3 is 5.97 Å². The molecule has 0 saturated carbocycles. The highest BCUT2D eigenvalue weighted by Crippen LogP contribution is 2.14. The molecule has 0 saturated heterocycles. The lowest BCUT2D eigenvalue weighted by molar-refractivity contribution is -0.168. The molecule has 0 rings (SSSR count).